The molecular weight excluding hydrogens is 302 g/mol. The third kappa shape index (κ3) is 4.68. The number of nitrogens with zero attached hydrogens (tertiary/aromatic N) is 1. The van der Waals surface area contributed by atoms with Crippen molar-refractivity contribution in [3.05, 3.63) is 24.3 Å². The van der Waals surface area contributed by atoms with Gasteiger partial charge in [0.05, 0.1) is 4.90 Å². The zero-order valence-corrected chi connectivity index (χ0v) is 13.5. The van der Waals surface area contributed by atoms with Gasteiger partial charge < -0.3 is 4.74 Å². The minimum absolute atomic E-state index is 0.0568. The SMILES string of the molecule is CCN(C(=O)OC(C)(C)C)c1cccc(S(=O)(=O)Cl)c1. The molecule has 0 aliphatic heterocycles. The van der Waals surface area contributed by atoms with Gasteiger partial charge >= 0.3 is 6.09 Å². The highest BCUT2D eigenvalue weighted by atomic mass is 35.7. The summed E-state index contributed by atoms with van der Waals surface area (Å²) in [6, 6.07) is 5.86. The largest absolute Gasteiger partial charge is 0.443 e. The van der Waals surface area contributed by atoms with E-state index in [-0.39, 0.29) is 4.90 Å². The third-order valence-electron chi connectivity index (χ3n) is 2.34. The van der Waals surface area contributed by atoms with E-state index in [0.29, 0.717) is 12.2 Å². The van der Waals surface area contributed by atoms with E-state index in [4.69, 9.17) is 15.4 Å². The fourth-order valence-electron chi connectivity index (χ4n) is 1.54. The molecular formula is C13H18ClNO4S. The Hall–Kier alpha value is -1.27. The van der Waals surface area contributed by atoms with Gasteiger partial charge in [-0.05, 0) is 45.9 Å². The first-order valence-electron chi connectivity index (χ1n) is 6.10. The van der Waals surface area contributed by atoms with Crippen LogP contribution < -0.4 is 4.90 Å². The minimum atomic E-state index is -3.83. The predicted octanol–water partition coefficient (Wildman–Crippen LogP) is 3.38. The standard InChI is InChI=1S/C13H18ClNO4S/c1-5-15(12(16)19-13(2,3)4)10-7-6-8-11(9-10)20(14,17)18/h6-9H,5H2,1-4H3. The Morgan fingerprint density at radius 1 is 1.35 bits per heavy atom. The van der Waals surface area contributed by atoms with Gasteiger partial charge in [-0.15, -0.1) is 0 Å². The molecule has 0 heterocycles. The lowest BCUT2D eigenvalue weighted by Gasteiger charge is -2.26. The average Bonchev–Trinajstić information content (AvgIpc) is 2.26. The van der Waals surface area contributed by atoms with E-state index in [9.17, 15) is 13.2 Å². The number of hydrogen-bond donors (Lipinski definition) is 0. The number of rotatable bonds is 3. The highest BCUT2D eigenvalue weighted by Crippen LogP contribution is 2.23. The summed E-state index contributed by atoms with van der Waals surface area (Å²) in [4.78, 5) is 13.4. The summed E-state index contributed by atoms with van der Waals surface area (Å²) < 4.78 is 27.9. The maximum Gasteiger partial charge on any atom is 0.414 e. The summed E-state index contributed by atoms with van der Waals surface area (Å²) in [5.74, 6) is 0. The second-order valence-electron chi connectivity index (χ2n) is 5.16. The van der Waals surface area contributed by atoms with Crippen LogP contribution in [0.5, 0.6) is 0 Å². The van der Waals surface area contributed by atoms with Crippen LogP contribution >= 0.6 is 10.7 Å². The Bertz CT molecular complexity index is 593. The van der Waals surface area contributed by atoms with Gasteiger partial charge in [0.25, 0.3) is 9.05 Å². The number of benzene rings is 1. The van der Waals surface area contributed by atoms with E-state index in [0.717, 1.165) is 0 Å². The van der Waals surface area contributed by atoms with Gasteiger partial charge in [-0.1, -0.05) is 6.07 Å². The van der Waals surface area contributed by atoms with E-state index >= 15 is 0 Å². The lowest BCUT2D eigenvalue weighted by molar-refractivity contribution is 0.0582. The molecule has 1 rings (SSSR count). The molecule has 20 heavy (non-hydrogen) atoms. The summed E-state index contributed by atoms with van der Waals surface area (Å²) >= 11 is 0. The molecule has 0 saturated carbocycles. The number of hydrogen-bond acceptors (Lipinski definition) is 4. The molecule has 0 spiro atoms. The Labute approximate surface area is 123 Å². The Morgan fingerprint density at radius 3 is 2.40 bits per heavy atom. The van der Waals surface area contributed by atoms with E-state index < -0.39 is 20.7 Å². The quantitative estimate of drug-likeness (QED) is 0.801. The molecule has 0 radical (unpaired) electrons. The molecule has 0 fully saturated rings. The Morgan fingerprint density at radius 2 is 1.95 bits per heavy atom. The van der Waals surface area contributed by atoms with Crippen LogP contribution in [0.15, 0.2) is 29.2 Å². The van der Waals surface area contributed by atoms with Gasteiger partial charge in [-0.25, -0.2) is 13.2 Å². The van der Waals surface area contributed by atoms with Crippen LogP contribution in [-0.2, 0) is 13.8 Å². The molecule has 1 amide bonds. The fraction of sp³-hybridized carbons (Fsp3) is 0.462. The van der Waals surface area contributed by atoms with Gasteiger partial charge in [0.15, 0.2) is 0 Å². The Balaban J connectivity index is 3.11. The van der Waals surface area contributed by atoms with Crippen LogP contribution in [0.4, 0.5) is 10.5 Å². The summed E-state index contributed by atoms with van der Waals surface area (Å²) in [6.45, 7) is 7.40. The van der Waals surface area contributed by atoms with Crippen molar-refractivity contribution in [3.8, 4) is 0 Å². The zero-order chi connectivity index (χ0) is 15.6. The fourth-order valence-corrected chi connectivity index (χ4v) is 2.33. The Kier molecular flexibility index (Phi) is 5.05. The van der Waals surface area contributed by atoms with Crippen LogP contribution in [0.1, 0.15) is 27.7 Å². The maximum atomic E-state index is 12.1. The average molecular weight is 320 g/mol. The van der Waals surface area contributed by atoms with Gasteiger partial charge in [-0.3, -0.25) is 4.90 Å². The van der Waals surface area contributed by atoms with Gasteiger partial charge in [0.1, 0.15) is 5.60 Å². The van der Waals surface area contributed by atoms with Crippen LogP contribution in [0, 0.1) is 0 Å². The van der Waals surface area contributed by atoms with Crippen LogP contribution in [-0.4, -0.2) is 26.7 Å². The van der Waals surface area contributed by atoms with Gasteiger partial charge in [0.2, 0.25) is 0 Å². The maximum absolute atomic E-state index is 12.1. The number of carbonyl (C=O) groups excluding carboxylic acids is 1. The summed E-state index contributed by atoms with van der Waals surface area (Å²) in [5.41, 5.74) is -0.204. The van der Waals surface area contributed by atoms with Crippen LogP contribution in [0.2, 0.25) is 0 Å². The molecule has 0 aromatic heterocycles. The molecule has 0 atom stereocenters. The third-order valence-corrected chi connectivity index (χ3v) is 3.69. The smallest absolute Gasteiger partial charge is 0.414 e. The predicted molar refractivity (Wildman–Crippen MR) is 78.7 cm³/mol. The molecule has 0 aliphatic carbocycles. The number of amides is 1. The number of halogens is 1. The van der Waals surface area contributed by atoms with Crippen molar-refractivity contribution in [2.75, 3.05) is 11.4 Å². The van der Waals surface area contributed by atoms with Crippen molar-refractivity contribution in [3.63, 3.8) is 0 Å². The van der Waals surface area contributed by atoms with Crippen molar-refractivity contribution in [2.24, 2.45) is 0 Å². The highest BCUT2D eigenvalue weighted by Gasteiger charge is 2.23. The van der Waals surface area contributed by atoms with Gasteiger partial charge in [0, 0.05) is 22.9 Å². The molecule has 0 N–H and O–H groups in total. The molecule has 0 unspecified atom stereocenters. The van der Waals surface area contributed by atoms with E-state index in [1.807, 2.05) is 0 Å². The summed E-state index contributed by atoms with van der Waals surface area (Å²) in [7, 11) is 1.47. The molecule has 112 valence electrons. The molecule has 7 heteroatoms. The van der Waals surface area contributed by atoms with Crippen molar-refractivity contribution in [1.82, 2.24) is 0 Å². The highest BCUT2D eigenvalue weighted by molar-refractivity contribution is 8.13. The first-order valence-corrected chi connectivity index (χ1v) is 8.41. The van der Waals surface area contributed by atoms with Crippen molar-refractivity contribution >= 4 is 31.5 Å². The van der Waals surface area contributed by atoms with E-state index in [2.05, 4.69) is 0 Å². The summed E-state index contributed by atoms with van der Waals surface area (Å²) in [5, 5.41) is 0. The molecule has 0 bridgehead atoms. The monoisotopic (exact) mass is 319 g/mol. The molecule has 0 aliphatic rings. The molecule has 0 saturated heterocycles. The second kappa shape index (κ2) is 6.01. The molecule has 5 nitrogen and oxygen atoms in total. The lowest BCUT2D eigenvalue weighted by atomic mass is 10.2. The second-order valence-corrected chi connectivity index (χ2v) is 7.73. The van der Waals surface area contributed by atoms with Crippen molar-refractivity contribution in [1.29, 1.82) is 0 Å². The first kappa shape index (κ1) is 16.8. The van der Waals surface area contributed by atoms with E-state index in [1.165, 1.54) is 23.1 Å². The lowest BCUT2D eigenvalue weighted by Crippen LogP contribution is -2.36. The molecule has 1 aromatic rings. The first-order chi connectivity index (χ1) is 9.04. The number of anilines is 1. The topological polar surface area (TPSA) is 63.7 Å². The van der Waals surface area contributed by atoms with Crippen molar-refractivity contribution in [2.45, 2.75) is 38.2 Å². The van der Waals surface area contributed by atoms with Crippen LogP contribution in [0.3, 0.4) is 0 Å². The summed E-state index contributed by atoms with van der Waals surface area (Å²) in [6.07, 6.45) is -0.538. The zero-order valence-electron chi connectivity index (χ0n) is 11.9. The minimum Gasteiger partial charge on any atom is -0.443 e. The van der Waals surface area contributed by atoms with Crippen LogP contribution in [0.25, 0.3) is 0 Å². The van der Waals surface area contributed by atoms with Crippen molar-refractivity contribution < 1.29 is 17.9 Å². The number of ether oxygens (including phenoxy) is 1. The normalized spacial score (nSPS) is 12.1. The van der Waals surface area contributed by atoms with Gasteiger partial charge in [-0.2, -0.15) is 0 Å². The molecule has 1 aromatic carbocycles. The van der Waals surface area contributed by atoms with E-state index in [1.54, 1.807) is 33.8 Å². The number of carbonyl (C=O) groups is 1.